The van der Waals surface area contributed by atoms with Gasteiger partial charge in [-0.25, -0.2) is 0 Å². The molecule has 0 saturated carbocycles. The first kappa shape index (κ1) is 16.7. The number of thiophene rings is 1. The van der Waals surface area contributed by atoms with Gasteiger partial charge in [0.05, 0.1) is 12.0 Å². The zero-order valence-electron chi connectivity index (χ0n) is 10.4. The maximum Gasteiger partial charge on any atom is 0.449 e. The molecule has 1 aromatic rings. The first-order valence-electron chi connectivity index (χ1n) is 5.27. The molecule has 2 nitrogen and oxygen atoms in total. The predicted molar refractivity (Wildman–Crippen MR) is 65.8 cm³/mol. The summed E-state index contributed by atoms with van der Waals surface area (Å²) in [5.41, 5.74) is 0. The standard InChI is InChI=1S/C9H7F3O2S.C3H8/c1-14-8(9(10,11)12)5-6(13)7-3-2-4-15-7;1-3-2/h2-5H,1H3;3H2,1-2H3/b8-5-;. The van der Waals surface area contributed by atoms with Crippen molar-refractivity contribution >= 4 is 17.1 Å². The highest BCUT2D eigenvalue weighted by molar-refractivity contribution is 7.12. The van der Waals surface area contributed by atoms with E-state index in [1.54, 1.807) is 11.4 Å². The number of rotatable bonds is 3. The summed E-state index contributed by atoms with van der Waals surface area (Å²) in [5.74, 6) is -2.00. The molecule has 0 fully saturated rings. The quantitative estimate of drug-likeness (QED) is 0.465. The van der Waals surface area contributed by atoms with Gasteiger partial charge in [0.2, 0.25) is 5.76 Å². The monoisotopic (exact) mass is 280 g/mol. The van der Waals surface area contributed by atoms with Crippen LogP contribution < -0.4 is 0 Å². The number of hydrogen-bond donors (Lipinski definition) is 0. The minimum atomic E-state index is -4.64. The molecule has 0 aliphatic heterocycles. The van der Waals surface area contributed by atoms with Crippen LogP contribution >= 0.6 is 11.3 Å². The van der Waals surface area contributed by atoms with Gasteiger partial charge in [0.15, 0.2) is 5.78 Å². The number of ether oxygens (including phenoxy) is 1. The van der Waals surface area contributed by atoms with Crippen molar-refractivity contribution in [1.82, 2.24) is 0 Å². The van der Waals surface area contributed by atoms with E-state index in [4.69, 9.17) is 0 Å². The number of alkyl halides is 3. The van der Waals surface area contributed by atoms with Crippen LogP contribution in [0.3, 0.4) is 0 Å². The second-order valence-corrected chi connectivity index (χ2v) is 4.21. The Morgan fingerprint density at radius 1 is 1.44 bits per heavy atom. The molecule has 0 amide bonds. The van der Waals surface area contributed by atoms with Crippen molar-refractivity contribution in [1.29, 1.82) is 0 Å². The van der Waals surface area contributed by atoms with Gasteiger partial charge in [-0.15, -0.1) is 11.3 Å². The Kier molecular flexibility index (Phi) is 7.35. The van der Waals surface area contributed by atoms with E-state index in [1.807, 2.05) is 0 Å². The summed E-state index contributed by atoms with van der Waals surface area (Å²) in [5, 5.41) is 1.61. The Balaban J connectivity index is 0.000000873. The largest absolute Gasteiger partial charge is 0.492 e. The minimum Gasteiger partial charge on any atom is -0.492 e. The van der Waals surface area contributed by atoms with Gasteiger partial charge in [-0.3, -0.25) is 4.79 Å². The molecular formula is C12H15F3O2S. The molecule has 0 radical (unpaired) electrons. The van der Waals surface area contributed by atoms with E-state index in [0.717, 1.165) is 18.4 Å². The maximum absolute atomic E-state index is 12.2. The molecule has 1 aromatic heterocycles. The van der Waals surface area contributed by atoms with Crippen LogP contribution in [0.4, 0.5) is 13.2 Å². The van der Waals surface area contributed by atoms with Crippen LogP contribution in [0.2, 0.25) is 0 Å². The highest BCUT2D eigenvalue weighted by Crippen LogP contribution is 2.26. The van der Waals surface area contributed by atoms with Gasteiger partial charge in [-0.1, -0.05) is 26.3 Å². The molecule has 102 valence electrons. The summed E-state index contributed by atoms with van der Waals surface area (Å²) in [4.78, 5) is 11.5. The van der Waals surface area contributed by atoms with Crippen LogP contribution in [-0.2, 0) is 4.74 Å². The first-order valence-corrected chi connectivity index (χ1v) is 6.15. The van der Waals surface area contributed by atoms with Crippen LogP contribution in [0.15, 0.2) is 29.3 Å². The number of hydrogen-bond acceptors (Lipinski definition) is 3. The third kappa shape index (κ3) is 5.86. The molecule has 18 heavy (non-hydrogen) atoms. The third-order valence-corrected chi connectivity index (χ3v) is 2.41. The van der Waals surface area contributed by atoms with Crippen LogP contribution in [0.25, 0.3) is 0 Å². The Bertz CT molecular complexity index is 381. The SMILES string of the molecule is CCC.CO/C(=C\C(=O)c1cccs1)C(F)(F)F. The number of methoxy groups -OCH3 is 1. The molecule has 0 bridgehead atoms. The fraction of sp³-hybridized carbons (Fsp3) is 0.417. The van der Waals surface area contributed by atoms with Gasteiger partial charge in [0.1, 0.15) is 0 Å². The average Bonchev–Trinajstić information content (AvgIpc) is 2.78. The lowest BCUT2D eigenvalue weighted by Crippen LogP contribution is -2.15. The van der Waals surface area contributed by atoms with E-state index in [1.165, 1.54) is 12.5 Å². The van der Waals surface area contributed by atoms with E-state index in [-0.39, 0.29) is 4.88 Å². The lowest BCUT2D eigenvalue weighted by Gasteiger charge is -2.08. The molecule has 0 aliphatic carbocycles. The van der Waals surface area contributed by atoms with Gasteiger partial charge in [0.25, 0.3) is 0 Å². The summed E-state index contributed by atoms with van der Waals surface area (Å²) in [7, 11) is 0.876. The van der Waals surface area contributed by atoms with Gasteiger partial charge < -0.3 is 4.74 Å². The van der Waals surface area contributed by atoms with Crippen molar-refractivity contribution in [2.75, 3.05) is 7.11 Å². The van der Waals surface area contributed by atoms with Gasteiger partial charge in [-0.05, 0) is 11.4 Å². The maximum atomic E-state index is 12.2. The smallest absolute Gasteiger partial charge is 0.449 e. The average molecular weight is 280 g/mol. The van der Waals surface area contributed by atoms with E-state index in [2.05, 4.69) is 18.6 Å². The summed E-state index contributed by atoms with van der Waals surface area (Å²) in [6.07, 6.45) is -2.94. The van der Waals surface area contributed by atoms with E-state index < -0.39 is 17.7 Å². The predicted octanol–water partition coefficient (Wildman–Crippen LogP) is 4.44. The zero-order valence-corrected chi connectivity index (χ0v) is 11.2. The van der Waals surface area contributed by atoms with Crippen molar-refractivity contribution in [3.05, 3.63) is 34.2 Å². The second kappa shape index (κ2) is 7.92. The minimum absolute atomic E-state index is 0.244. The highest BCUT2D eigenvalue weighted by Gasteiger charge is 2.36. The molecule has 6 heteroatoms. The summed E-state index contributed by atoms with van der Waals surface area (Å²) in [6, 6.07) is 3.04. The first-order chi connectivity index (χ1) is 8.36. The van der Waals surface area contributed by atoms with Gasteiger partial charge >= 0.3 is 6.18 Å². The molecule has 0 saturated heterocycles. The molecule has 0 aliphatic rings. The molecule has 0 aromatic carbocycles. The van der Waals surface area contributed by atoms with E-state index in [9.17, 15) is 18.0 Å². The molecule has 0 unspecified atom stereocenters. The van der Waals surface area contributed by atoms with E-state index >= 15 is 0 Å². The number of halogens is 3. The van der Waals surface area contributed by atoms with Crippen molar-refractivity contribution < 1.29 is 22.7 Å². The molecule has 1 heterocycles. The van der Waals surface area contributed by atoms with Crippen LogP contribution in [0.5, 0.6) is 0 Å². The topological polar surface area (TPSA) is 26.3 Å². The Morgan fingerprint density at radius 3 is 2.33 bits per heavy atom. The molecule has 0 spiro atoms. The van der Waals surface area contributed by atoms with Crippen molar-refractivity contribution in [2.45, 2.75) is 26.4 Å². The summed E-state index contributed by atoms with van der Waals surface area (Å²) < 4.78 is 40.6. The van der Waals surface area contributed by atoms with Crippen LogP contribution in [-0.4, -0.2) is 19.1 Å². The summed E-state index contributed by atoms with van der Waals surface area (Å²) >= 11 is 1.08. The fourth-order valence-electron chi connectivity index (χ4n) is 0.865. The number of carbonyl (C=O) groups excluding carboxylic acids is 1. The molecule has 1 rings (SSSR count). The van der Waals surface area contributed by atoms with Gasteiger partial charge in [-0.2, -0.15) is 13.2 Å². The van der Waals surface area contributed by atoms with Crippen molar-refractivity contribution in [2.24, 2.45) is 0 Å². The lowest BCUT2D eigenvalue weighted by atomic mass is 10.3. The normalized spacial score (nSPS) is 11.6. The molecule has 0 N–H and O–H groups in total. The Morgan fingerprint density at radius 2 is 2.00 bits per heavy atom. The second-order valence-electron chi connectivity index (χ2n) is 3.26. The summed E-state index contributed by atoms with van der Waals surface area (Å²) in [6.45, 7) is 4.25. The van der Waals surface area contributed by atoms with Crippen molar-refractivity contribution in [3.63, 3.8) is 0 Å². The fourth-order valence-corrected chi connectivity index (χ4v) is 1.50. The molecular weight excluding hydrogens is 265 g/mol. The Hall–Kier alpha value is -1.30. The Labute approximate surface area is 108 Å². The van der Waals surface area contributed by atoms with Crippen molar-refractivity contribution in [3.8, 4) is 0 Å². The number of ketones is 1. The van der Waals surface area contributed by atoms with Gasteiger partial charge in [0, 0.05) is 6.08 Å². The van der Waals surface area contributed by atoms with E-state index in [0.29, 0.717) is 6.08 Å². The third-order valence-electron chi connectivity index (χ3n) is 1.53. The lowest BCUT2D eigenvalue weighted by molar-refractivity contribution is -0.125. The van der Waals surface area contributed by atoms with Crippen LogP contribution in [0, 0.1) is 0 Å². The number of carbonyl (C=O) groups is 1. The molecule has 0 atom stereocenters. The highest BCUT2D eigenvalue weighted by atomic mass is 32.1. The zero-order chi connectivity index (χ0) is 14.2. The number of allylic oxidation sites excluding steroid dienone is 2. The van der Waals surface area contributed by atoms with Crippen LogP contribution in [0.1, 0.15) is 29.9 Å².